The summed E-state index contributed by atoms with van der Waals surface area (Å²) in [5, 5.41) is 8.59. The highest BCUT2D eigenvalue weighted by molar-refractivity contribution is 7.09. The normalized spacial score (nSPS) is 10.5. The molecule has 3 aromatic rings. The van der Waals surface area contributed by atoms with Crippen molar-refractivity contribution >= 4 is 34.3 Å². The Morgan fingerprint density at radius 2 is 2.04 bits per heavy atom. The summed E-state index contributed by atoms with van der Waals surface area (Å²) in [5.74, 6) is 1.91. The van der Waals surface area contributed by atoms with E-state index in [1.54, 1.807) is 18.4 Å². The molecular weight excluding hydrogens is 334 g/mol. The average Bonchev–Trinajstić information content (AvgIpc) is 3.12. The van der Waals surface area contributed by atoms with Gasteiger partial charge < -0.3 is 21.1 Å². The molecule has 0 aliphatic heterocycles. The minimum atomic E-state index is 0.484. The quantitative estimate of drug-likeness (QED) is 0.597. The molecule has 2 heterocycles. The molecule has 0 fully saturated rings. The lowest BCUT2D eigenvalue weighted by molar-refractivity contribution is 0.416. The molecule has 0 aliphatic carbocycles. The molecule has 0 radical (unpaired) electrons. The number of aromatic nitrogens is 2. The molecule has 0 bridgehead atoms. The summed E-state index contributed by atoms with van der Waals surface area (Å²) >= 11 is 1.74. The van der Waals surface area contributed by atoms with Crippen LogP contribution in [0.5, 0.6) is 5.75 Å². The maximum Gasteiger partial charge on any atom is 0.159 e. The SMILES string of the molecule is COc1ccc(C)cc1Nc1ncnc(NCCc2cccs2)c1N. The Hall–Kier alpha value is -2.80. The number of aryl methyl sites for hydroxylation is 1. The van der Waals surface area contributed by atoms with E-state index in [4.69, 9.17) is 10.5 Å². The molecule has 0 saturated heterocycles. The lowest BCUT2D eigenvalue weighted by Crippen LogP contribution is -2.10. The smallest absolute Gasteiger partial charge is 0.159 e. The van der Waals surface area contributed by atoms with Crippen LogP contribution in [0.1, 0.15) is 10.4 Å². The Labute approximate surface area is 151 Å². The fourth-order valence-corrected chi connectivity index (χ4v) is 3.15. The van der Waals surface area contributed by atoms with Crippen molar-refractivity contribution < 1.29 is 4.74 Å². The lowest BCUT2D eigenvalue weighted by atomic mass is 10.2. The van der Waals surface area contributed by atoms with E-state index in [9.17, 15) is 0 Å². The third-order valence-corrected chi connectivity index (χ3v) is 4.67. The molecule has 0 aliphatic rings. The zero-order chi connectivity index (χ0) is 17.6. The zero-order valence-corrected chi connectivity index (χ0v) is 15.1. The number of rotatable bonds is 7. The fourth-order valence-electron chi connectivity index (χ4n) is 2.44. The van der Waals surface area contributed by atoms with Gasteiger partial charge in [-0.15, -0.1) is 11.3 Å². The number of benzene rings is 1. The second-order valence-electron chi connectivity index (χ2n) is 5.57. The molecule has 0 saturated carbocycles. The highest BCUT2D eigenvalue weighted by Gasteiger charge is 2.11. The summed E-state index contributed by atoms with van der Waals surface area (Å²) in [6, 6.07) is 10.1. The zero-order valence-electron chi connectivity index (χ0n) is 14.2. The lowest BCUT2D eigenvalue weighted by Gasteiger charge is -2.14. The number of thiophene rings is 1. The number of nitrogens with zero attached hydrogens (tertiary/aromatic N) is 2. The van der Waals surface area contributed by atoms with Gasteiger partial charge >= 0.3 is 0 Å². The molecular formula is C18H21N5OS. The van der Waals surface area contributed by atoms with E-state index in [1.807, 2.05) is 25.1 Å². The number of methoxy groups -OCH3 is 1. The summed E-state index contributed by atoms with van der Waals surface area (Å²) in [6.07, 6.45) is 2.42. The molecule has 6 nitrogen and oxygen atoms in total. The first kappa shape index (κ1) is 17.0. The first-order chi connectivity index (χ1) is 12.2. The third-order valence-electron chi connectivity index (χ3n) is 3.74. The van der Waals surface area contributed by atoms with Gasteiger partial charge in [0.25, 0.3) is 0 Å². The van der Waals surface area contributed by atoms with Gasteiger partial charge in [0.1, 0.15) is 17.8 Å². The van der Waals surface area contributed by atoms with Gasteiger partial charge in [-0.2, -0.15) is 0 Å². The highest BCUT2D eigenvalue weighted by Crippen LogP contribution is 2.31. The van der Waals surface area contributed by atoms with E-state index in [0.29, 0.717) is 17.3 Å². The van der Waals surface area contributed by atoms with Crippen molar-refractivity contribution in [1.82, 2.24) is 9.97 Å². The first-order valence-electron chi connectivity index (χ1n) is 7.95. The van der Waals surface area contributed by atoms with Crippen LogP contribution >= 0.6 is 11.3 Å². The molecule has 4 N–H and O–H groups in total. The van der Waals surface area contributed by atoms with E-state index in [-0.39, 0.29) is 0 Å². The van der Waals surface area contributed by atoms with Crippen molar-refractivity contribution in [3.05, 3.63) is 52.5 Å². The number of nitrogens with two attached hydrogens (primary N) is 1. The van der Waals surface area contributed by atoms with Crippen LogP contribution in [0.3, 0.4) is 0 Å². The van der Waals surface area contributed by atoms with Gasteiger partial charge in [-0.25, -0.2) is 9.97 Å². The molecule has 2 aromatic heterocycles. The summed E-state index contributed by atoms with van der Waals surface area (Å²) in [5.41, 5.74) is 8.65. The van der Waals surface area contributed by atoms with Crippen LogP contribution in [0.15, 0.2) is 42.0 Å². The van der Waals surface area contributed by atoms with Crippen LogP contribution in [0.4, 0.5) is 23.0 Å². The summed E-state index contributed by atoms with van der Waals surface area (Å²) < 4.78 is 5.39. The van der Waals surface area contributed by atoms with E-state index in [1.165, 1.54) is 11.2 Å². The van der Waals surface area contributed by atoms with Crippen LogP contribution in [0.25, 0.3) is 0 Å². The Morgan fingerprint density at radius 3 is 2.80 bits per heavy atom. The Morgan fingerprint density at radius 1 is 1.20 bits per heavy atom. The second-order valence-corrected chi connectivity index (χ2v) is 6.60. The standard InChI is InChI=1S/C18H21N5OS/c1-12-5-6-15(24-2)14(10-12)23-18-16(19)17(21-11-22-18)20-8-7-13-4-3-9-25-13/h3-6,9-11H,7-8,19H2,1-2H3,(H2,20,21,22,23). The van der Waals surface area contributed by atoms with Gasteiger partial charge in [-0.05, 0) is 42.5 Å². The molecule has 0 unspecified atom stereocenters. The van der Waals surface area contributed by atoms with Crippen molar-refractivity contribution in [2.75, 3.05) is 30.0 Å². The molecule has 0 spiro atoms. The number of ether oxygens (including phenoxy) is 1. The second kappa shape index (κ2) is 7.85. The fraction of sp³-hybridized carbons (Fsp3) is 0.222. The summed E-state index contributed by atoms with van der Waals surface area (Å²) in [4.78, 5) is 9.82. The maximum absolute atomic E-state index is 6.23. The minimum absolute atomic E-state index is 0.484. The van der Waals surface area contributed by atoms with Crippen LogP contribution in [-0.2, 0) is 6.42 Å². The molecule has 0 amide bonds. The van der Waals surface area contributed by atoms with E-state index in [2.05, 4.69) is 38.1 Å². The van der Waals surface area contributed by atoms with Crippen LogP contribution in [0, 0.1) is 6.92 Å². The molecule has 25 heavy (non-hydrogen) atoms. The van der Waals surface area contributed by atoms with Crippen molar-refractivity contribution in [3.8, 4) is 5.75 Å². The molecule has 7 heteroatoms. The van der Waals surface area contributed by atoms with Crippen LogP contribution in [-0.4, -0.2) is 23.6 Å². The first-order valence-corrected chi connectivity index (χ1v) is 8.83. The number of anilines is 4. The van der Waals surface area contributed by atoms with Crippen molar-refractivity contribution in [2.24, 2.45) is 0 Å². The molecule has 3 rings (SSSR count). The average molecular weight is 355 g/mol. The van der Waals surface area contributed by atoms with E-state index in [0.717, 1.165) is 30.0 Å². The number of nitrogen functional groups attached to an aromatic ring is 1. The Balaban J connectivity index is 1.73. The summed E-state index contributed by atoms with van der Waals surface area (Å²) in [6.45, 7) is 2.78. The minimum Gasteiger partial charge on any atom is -0.495 e. The van der Waals surface area contributed by atoms with Gasteiger partial charge in [0.05, 0.1) is 12.8 Å². The van der Waals surface area contributed by atoms with Gasteiger partial charge in [-0.3, -0.25) is 0 Å². The molecule has 0 atom stereocenters. The maximum atomic E-state index is 6.23. The number of hydrogen-bond donors (Lipinski definition) is 3. The largest absolute Gasteiger partial charge is 0.495 e. The summed E-state index contributed by atoms with van der Waals surface area (Å²) in [7, 11) is 1.64. The van der Waals surface area contributed by atoms with Crippen molar-refractivity contribution in [2.45, 2.75) is 13.3 Å². The van der Waals surface area contributed by atoms with Crippen molar-refractivity contribution in [3.63, 3.8) is 0 Å². The number of hydrogen-bond acceptors (Lipinski definition) is 7. The highest BCUT2D eigenvalue weighted by atomic mass is 32.1. The van der Waals surface area contributed by atoms with E-state index < -0.39 is 0 Å². The Kier molecular flexibility index (Phi) is 5.35. The van der Waals surface area contributed by atoms with Gasteiger partial charge in [0.15, 0.2) is 11.6 Å². The third kappa shape index (κ3) is 4.19. The van der Waals surface area contributed by atoms with E-state index >= 15 is 0 Å². The molecule has 130 valence electrons. The van der Waals surface area contributed by atoms with Gasteiger partial charge in [-0.1, -0.05) is 12.1 Å². The topological polar surface area (TPSA) is 85.1 Å². The molecule has 1 aromatic carbocycles. The predicted octanol–water partition coefficient (Wildman–Crippen LogP) is 3.84. The van der Waals surface area contributed by atoms with Gasteiger partial charge in [0.2, 0.25) is 0 Å². The predicted molar refractivity (Wildman–Crippen MR) is 104 cm³/mol. The Bertz CT molecular complexity index is 835. The monoisotopic (exact) mass is 355 g/mol. The van der Waals surface area contributed by atoms with Crippen molar-refractivity contribution in [1.29, 1.82) is 0 Å². The van der Waals surface area contributed by atoms with Gasteiger partial charge in [0, 0.05) is 11.4 Å². The van der Waals surface area contributed by atoms with Crippen LogP contribution < -0.4 is 21.1 Å². The van der Waals surface area contributed by atoms with Crippen LogP contribution in [0.2, 0.25) is 0 Å². The number of nitrogens with one attached hydrogen (secondary N) is 2.